The first kappa shape index (κ1) is 17.0. The number of carbonyl (C=O) groups excluding carboxylic acids is 1. The lowest BCUT2D eigenvalue weighted by Crippen LogP contribution is -2.06. The van der Waals surface area contributed by atoms with Crippen molar-refractivity contribution in [1.29, 1.82) is 0 Å². The van der Waals surface area contributed by atoms with Crippen molar-refractivity contribution in [3.63, 3.8) is 0 Å². The summed E-state index contributed by atoms with van der Waals surface area (Å²) in [5, 5.41) is 21.4. The number of carbonyl (C=O) groups is 1. The second kappa shape index (κ2) is 6.24. The molecule has 25 heavy (non-hydrogen) atoms. The lowest BCUT2D eigenvalue weighted by atomic mass is 9.94. The number of hydrogen-bond donors (Lipinski definition) is 2. The Morgan fingerprint density at radius 3 is 2.60 bits per heavy atom. The van der Waals surface area contributed by atoms with Crippen molar-refractivity contribution >= 4 is 27.5 Å². The van der Waals surface area contributed by atoms with E-state index in [4.69, 9.17) is 4.42 Å². The van der Waals surface area contributed by atoms with E-state index < -0.39 is 5.63 Å². The molecule has 130 valence electrons. The molecule has 0 fully saturated rings. The average molecular weight is 340 g/mol. The molecule has 1 heterocycles. The molecular weight excluding hydrogens is 320 g/mol. The van der Waals surface area contributed by atoms with E-state index in [1.165, 1.54) is 6.07 Å². The van der Waals surface area contributed by atoms with Crippen molar-refractivity contribution < 1.29 is 19.4 Å². The molecule has 5 nitrogen and oxygen atoms in total. The van der Waals surface area contributed by atoms with E-state index in [-0.39, 0.29) is 28.3 Å². The lowest BCUT2D eigenvalue weighted by molar-refractivity contribution is 0.0974. The van der Waals surface area contributed by atoms with Gasteiger partial charge in [-0.05, 0) is 31.4 Å². The summed E-state index contributed by atoms with van der Waals surface area (Å²) in [5.41, 5.74) is 0.100. The van der Waals surface area contributed by atoms with E-state index in [0.29, 0.717) is 34.2 Å². The van der Waals surface area contributed by atoms with Gasteiger partial charge in [-0.3, -0.25) is 4.79 Å². The Bertz CT molecular complexity index is 1040. The van der Waals surface area contributed by atoms with Gasteiger partial charge in [-0.1, -0.05) is 26.0 Å². The summed E-state index contributed by atoms with van der Waals surface area (Å²) in [7, 11) is 0. The summed E-state index contributed by atoms with van der Waals surface area (Å²) < 4.78 is 5.22. The van der Waals surface area contributed by atoms with Gasteiger partial charge < -0.3 is 14.6 Å². The van der Waals surface area contributed by atoms with Crippen LogP contribution in [0.3, 0.4) is 0 Å². The van der Waals surface area contributed by atoms with E-state index in [0.717, 1.165) is 6.42 Å². The van der Waals surface area contributed by atoms with Gasteiger partial charge in [-0.25, -0.2) is 4.79 Å². The Balaban J connectivity index is 2.32. The molecule has 0 saturated carbocycles. The van der Waals surface area contributed by atoms with Crippen molar-refractivity contribution in [3.05, 3.63) is 45.8 Å². The van der Waals surface area contributed by atoms with E-state index in [2.05, 4.69) is 0 Å². The van der Waals surface area contributed by atoms with Crippen molar-refractivity contribution in [2.75, 3.05) is 0 Å². The van der Waals surface area contributed by atoms with Crippen LogP contribution >= 0.6 is 0 Å². The van der Waals surface area contributed by atoms with Crippen molar-refractivity contribution in [2.24, 2.45) is 5.92 Å². The van der Waals surface area contributed by atoms with Crippen LogP contribution in [0.5, 0.6) is 11.5 Å². The van der Waals surface area contributed by atoms with Crippen LogP contribution in [0.4, 0.5) is 0 Å². The molecule has 0 unspecified atom stereocenters. The van der Waals surface area contributed by atoms with E-state index >= 15 is 0 Å². The number of fused-ring (bicyclic) bond motifs is 3. The Kier molecular flexibility index (Phi) is 4.25. The number of Topliss-reactive ketones (excluding diaryl/α,β-unsaturated/α-hetero) is 1. The van der Waals surface area contributed by atoms with Crippen LogP contribution in [-0.4, -0.2) is 16.0 Å². The molecule has 5 heteroatoms. The molecule has 1 aromatic heterocycles. The molecule has 0 saturated heterocycles. The minimum absolute atomic E-state index is 0.0287. The van der Waals surface area contributed by atoms with Crippen LogP contribution in [0.15, 0.2) is 33.5 Å². The molecule has 3 rings (SSSR count). The number of ketones is 1. The summed E-state index contributed by atoms with van der Waals surface area (Å²) in [6.07, 6.45) is 1.13. The molecule has 2 aromatic carbocycles. The molecule has 0 atom stereocenters. The number of benzene rings is 2. The summed E-state index contributed by atoms with van der Waals surface area (Å²) in [6.45, 7) is 5.72. The molecule has 0 spiro atoms. The lowest BCUT2D eigenvalue weighted by Gasteiger charge is -2.12. The third-order valence-electron chi connectivity index (χ3n) is 4.49. The number of phenols is 2. The molecule has 0 aliphatic rings. The minimum Gasteiger partial charge on any atom is -0.507 e. The van der Waals surface area contributed by atoms with Crippen molar-refractivity contribution in [3.8, 4) is 11.5 Å². The maximum Gasteiger partial charge on any atom is 0.348 e. The number of phenolic OH excluding ortho intramolecular Hbond substituents is 2. The number of aromatic hydroxyl groups is 2. The molecule has 0 aliphatic carbocycles. The Hall–Kier alpha value is -2.82. The van der Waals surface area contributed by atoms with Gasteiger partial charge in [0.25, 0.3) is 0 Å². The molecule has 0 bridgehead atoms. The third-order valence-corrected chi connectivity index (χ3v) is 4.49. The van der Waals surface area contributed by atoms with Gasteiger partial charge >= 0.3 is 5.63 Å². The van der Waals surface area contributed by atoms with E-state index in [1.54, 1.807) is 25.1 Å². The summed E-state index contributed by atoms with van der Waals surface area (Å²) in [5.74, 6) is -0.0781. The van der Waals surface area contributed by atoms with Crippen LogP contribution in [0.2, 0.25) is 0 Å². The normalized spacial score (nSPS) is 11.5. The fourth-order valence-electron chi connectivity index (χ4n) is 3.01. The van der Waals surface area contributed by atoms with Crippen LogP contribution in [-0.2, 0) is 0 Å². The second-order valence-corrected chi connectivity index (χ2v) is 6.72. The molecule has 0 amide bonds. The van der Waals surface area contributed by atoms with Gasteiger partial charge in [0, 0.05) is 28.3 Å². The van der Waals surface area contributed by atoms with Crippen LogP contribution in [0, 0.1) is 12.8 Å². The molecule has 3 aromatic rings. The fraction of sp³-hybridized carbons (Fsp3) is 0.300. The highest BCUT2D eigenvalue weighted by molar-refractivity contribution is 6.11. The average Bonchev–Trinajstić information content (AvgIpc) is 2.56. The largest absolute Gasteiger partial charge is 0.507 e. The van der Waals surface area contributed by atoms with Crippen molar-refractivity contribution in [1.82, 2.24) is 0 Å². The Morgan fingerprint density at radius 1 is 1.20 bits per heavy atom. The quantitative estimate of drug-likeness (QED) is 0.420. The third kappa shape index (κ3) is 2.86. The zero-order chi connectivity index (χ0) is 18.3. The summed E-state index contributed by atoms with van der Waals surface area (Å²) in [6, 6.07) is 6.30. The van der Waals surface area contributed by atoms with Gasteiger partial charge in [0.1, 0.15) is 11.1 Å². The molecule has 0 aliphatic heterocycles. The van der Waals surface area contributed by atoms with Gasteiger partial charge in [0.15, 0.2) is 17.1 Å². The highest BCUT2D eigenvalue weighted by atomic mass is 16.4. The van der Waals surface area contributed by atoms with Gasteiger partial charge in [-0.15, -0.1) is 0 Å². The summed E-state index contributed by atoms with van der Waals surface area (Å²) in [4.78, 5) is 24.8. The highest BCUT2D eigenvalue weighted by Crippen LogP contribution is 2.36. The van der Waals surface area contributed by atoms with Crippen molar-refractivity contribution in [2.45, 2.75) is 33.6 Å². The first-order valence-electron chi connectivity index (χ1n) is 8.25. The van der Waals surface area contributed by atoms with Gasteiger partial charge in [-0.2, -0.15) is 0 Å². The number of rotatable bonds is 4. The molecular formula is C20H20O5. The monoisotopic (exact) mass is 340 g/mol. The van der Waals surface area contributed by atoms with Crippen LogP contribution < -0.4 is 5.63 Å². The van der Waals surface area contributed by atoms with Crippen LogP contribution in [0.1, 0.15) is 42.6 Å². The second-order valence-electron chi connectivity index (χ2n) is 6.72. The maximum absolute atomic E-state index is 12.6. The highest BCUT2D eigenvalue weighted by Gasteiger charge is 2.20. The number of hydrogen-bond acceptors (Lipinski definition) is 5. The first-order valence-corrected chi connectivity index (χ1v) is 8.25. The molecule has 0 radical (unpaired) electrons. The van der Waals surface area contributed by atoms with E-state index in [1.807, 2.05) is 13.8 Å². The topological polar surface area (TPSA) is 87.7 Å². The Morgan fingerprint density at radius 2 is 1.92 bits per heavy atom. The first-order chi connectivity index (χ1) is 11.8. The van der Waals surface area contributed by atoms with Gasteiger partial charge in [0.05, 0.1) is 0 Å². The van der Waals surface area contributed by atoms with Crippen LogP contribution in [0.25, 0.3) is 21.7 Å². The SMILES string of the molecule is Cc1c(C(=O)CCC(C)C)cc2c(oc(=O)c3c(O)cccc32)c1O. The predicted molar refractivity (Wildman–Crippen MR) is 96.5 cm³/mol. The van der Waals surface area contributed by atoms with E-state index in [9.17, 15) is 19.8 Å². The summed E-state index contributed by atoms with van der Waals surface area (Å²) >= 11 is 0. The maximum atomic E-state index is 12.6. The zero-order valence-corrected chi connectivity index (χ0v) is 14.4. The van der Waals surface area contributed by atoms with Gasteiger partial charge in [0.2, 0.25) is 0 Å². The fourth-order valence-corrected chi connectivity index (χ4v) is 3.01. The predicted octanol–water partition coefficient (Wildman–Crippen LogP) is 4.28. The zero-order valence-electron chi connectivity index (χ0n) is 14.4. The smallest absolute Gasteiger partial charge is 0.348 e. The minimum atomic E-state index is -0.728. The standard InChI is InChI=1S/C20H20O5/c1-10(2)7-8-15(21)13-9-14-12-5-4-6-16(22)17(12)20(24)25-19(14)18(23)11(13)3/h4-6,9-10,22-23H,7-8H2,1-3H3. The Labute approximate surface area is 144 Å². The molecule has 2 N–H and O–H groups in total.